The zero-order valence-electron chi connectivity index (χ0n) is 11.6. The largest absolute Gasteiger partial charge is 0.492 e. The van der Waals surface area contributed by atoms with Gasteiger partial charge in [0.25, 0.3) is 0 Å². The molecule has 0 aliphatic heterocycles. The van der Waals surface area contributed by atoms with Gasteiger partial charge in [0.2, 0.25) is 0 Å². The molecule has 0 atom stereocenters. The van der Waals surface area contributed by atoms with Gasteiger partial charge in [-0.2, -0.15) is 0 Å². The molecule has 0 radical (unpaired) electrons. The van der Waals surface area contributed by atoms with Gasteiger partial charge >= 0.3 is 5.97 Å². The number of anilines is 1. The Balaban J connectivity index is 2.02. The Bertz CT molecular complexity index is 643. The van der Waals surface area contributed by atoms with Crippen LogP contribution in [0.25, 0.3) is 0 Å². The smallest absolute Gasteiger partial charge is 0.338 e. The minimum atomic E-state index is -0.440. The maximum atomic E-state index is 12.0. The third-order valence-corrected chi connectivity index (χ3v) is 3.04. The topological polar surface area (TPSA) is 61.5 Å². The summed E-state index contributed by atoms with van der Waals surface area (Å²) in [5.41, 5.74) is 7.45. The Kier molecular flexibility index (Phi) is 5.06. The summed E-state index contributed by atoms with van der Waals surface area (Å²) in [6.07, 6.45) is 0. The molecule has 0 amide bonds. The molecule has 4 nitrogen and oxygen atoms in total. The highest BCUT2D eigenvalue weighted by atomic mass is 35.5. The minimum absolute atomic E-state index is 0.159. The van der Waals surface area contributed by atoms with Crippen LogP contribution in [0.3, 0.4) is 0 Å². The second-order valence-electron chi connectivity index (χ2n) is 4.39. The van der Waals surface area contributed by atoms with Crippen molar-refractivity contribution in [1.29, 1.82) is 0 Å². The standard InChI is InChI=1S/C16H16ClNO3/c1-2-20-15-7-6-12(9-14(15)18)16(19)21-10-11-4-3-5-13(17)8-11/h3-9H,2,10,18H2,1H3. The molecular weight excluding hydrogens is 290 g/mol. The van der Waals surface area contributed by atoms with Crippen LogP contribution in [0.5, 0.6) is 5.75 Å². The molecule has 0 unspecified atom stereocenters. The predicted octanol–water partition coefficient (Wildman–Crippen LogP) is 3.68. The third kappa shape index (κ3) is 4.13. The first-order chi connectivity index (χ1) is 10.1. The van der Waals surface area contributed by atoms with Crippen LogP contribution in [0.1, 0.15) is 22.8 Å². The van der Waals surface area contributed by atoms with Crippen molar-refractivity contribution in [1.82, 2.24) is 0 Å². The van der Waals surface area contributed by atoms with E-state index < -0.39 is 5.97 Å². The summed E-state index contributed by atoms with van der Waals surface area (Å²) < 4.78 is 10.6. The van der Waals surface area contributed by atoms with Crippen LogP contribution >= 0.6 is 11.6 Å². The lowest BCUT2D eigenvalue weighted by Crippen LogP contribution is -2.06. The van der Waals surface area contributed by atoms with E-state index in [4.69, 9.17) is 26.8 Å². The van der Waals surface area contributed by atoms with E-state index in [0.29, 0.717) is 28.6 Å². The number of nitrogens with two attached hydrogens (primary N) is 1. The zero-order valence-corrected chi connectivity index (χ0v) is 12.4. The molecule has 0 aliphatic rings. The molecule has 2 aromatic carbocycles. The van der Waals surface area contributed by atoms with E-state index in [-0.39, 0.29) is 6.61 Å². The summed E-state index contributed by atoms with van der Waals surface area (Å²) in [4.78, 5) is 12.0. The maximum absolute atomic E-state index is 12.0. The molecule has 2 N–H and O–H groups in total. The monoisotopic (exact) mass is 305 g/mol. The van der Waals surface area contributed by atoms with Gasteiger partial charge in [-0.3, -0.25) is 0 Å². The summed E-state index contributed by atoms with van der Waals surface area (Å²) in [5.74, 6) is 0.119. The highest BCUT2D eigenvalue weighted by Crippen LogP contribution is 2.23. The van der Waals surface area contributed by atoms with Crippen molar-refractivity contribution in [2.75, 3.05) is 12.3 Å². The van der Waals surface area contributed by atoms with Gasteiger partial charge in [-0.25, -0.2) is 4.79 Å². The lowest BCUT2D eigenvalue weighted by Gasteiger charge is -2.09. The Morgan fingerprint density at radius 3 is 2.71 bits per heavy atom. The number of carbonyl (C=O) groups excluding carboxylic acids is 1. The van der Waals surface area contributed by atoms with Gasteiger partial charge in [-0.05, 0) is 42.8 Å². The molecule has 110 valence electrons. The van der Waals surface area contributed by atoms with E-state index in [9.17, 15) is 4.79 Å². The number of carbonyl (C=O) groups is 1. The average molecular weight is 306 g/mol. The third-order valence-electron chi connectivity index (χ3n) is 2.80. The van der Waals surface area contributed by atoms with E-state index >= 15 is 0 Å². The van der Waals surface area contributed by atoms with Crippen LogP contribution in [-0.4, -0.2) is 12.6 Å². The van der Waals surface area contributed by atoms with Crippen molar-refractivity contribution >= 4 is 23.3 Å². The first-order valence-electron chi connectivity index (χ1n) is 6.54. The van der Waals surface area contributed by atoms with Gasteiger partial charge < -0.3 is 15.2 Å². The zero-order chi connectivity index (χ0) is 15.2. The van der Waals surface area contributed by atoms with Gasteiger partial charge in [0.05, 0.1) is 17.9 Å². The maximum Gasteiger partial charge on any atom is 0.338 e. The SMILES string of the molecule is CCOc1ccc(C(=O)OCc2cccc(Cl)c2)cc1N. The summed E-state index contributed by atoms with van der Waals surface area (Å²) in [7, 11) is 0. The van der Waals surface area contributed by atoms with Crippen LogP contribution in [0.15, 0.2) is 42.5 Å². The lowest BCUT2D eigenvalue weighted by atomic mass is 10.2. The number of halogens is 1. The van der Waals surface area contributed by atoms with Crippen molar-refractivity contribution in [2.45, 2.75) is 13.5 Å². The van der Waals surface area contributed by atoms with Crippen molar-refractivity contribution in [2.24, 2.45) is 0 Å². The molecule has 0 heterocycles. The van der Waals surface area contributed by atoms with Crippen molar-refractivity contribution in [3.8, 4) is 5.75 Å². The normalized spacial score (nSPS) is 10.2. The molecule has 0 spiro atoms. The molecule has 0 saturated carbocycles. The summed E-state index contributed by atoms with van der Waals surface area (Å²) in [5, 5.41) is 0.605. The first-order valence-corrected chi connectivity index (χ1v) is 6.92. The number of hydrogen-bond acceptors (Lipinski definition) is 4. The Morgan fingerprint density at radius 2 is 2.05 bits per heavy atom. The highest BCUT2D eigenvalue weighted by molar-refractivity contribution is 6.30. The van der Waals surface area contributed by atoms with E-state index in [1.165, 1.54) is 0 Å². The molecule has 2 aromatic rings. The van der Waals surface area contributed by atoms with Gasteiger partial charge in [0.1, 0.15) is 12.4 Å². The second kappa shape index (κ2) is 6.99. The van der Waals surface area contributed by atoms with Crippen molar-refractivity contribution < 1.29 is 14.3 Å². The van der Waals surface area contributed by atoms with Gasteiger partial charge in [-0.1, -0.05) is 23.7 Å². The molecule has 0 fully saturated rings. The fourth-order valence-electron chi connectivity index (χ4n) is 1.82. The first kappa shape index (κ1) is 15.2. The fraction of sp³-hybridized carbons (Fsp3) is 0.188. The van der Waals surface area contributed by atoms with Crippen molar-refractivity contribution in [3.63, 3.8) is 0 Å². The number of rotatable bonds is 5. The molecule has 0 aliphatic carbocycles. The number of hydrogen-bond donors (Lipinski definition) is 1. The molecule has 0 bridgehead atoms. The van der Waals surface area contributed by atoms with Crippen molar-refractivity contribution in [3.05, 3.63) is 58.6 Å². The average Bonchev–Trinajstić information content (AvgIpc) is 2.47. The highest BCUT2D eigenvalue weighted by Gasteiger charge is 2.10. The van der Waals surface area contributed by atoms with Crippen LogP contribution in [-0.2, 0) is 11.3 Å². The molecule has 5 heteroatoms. The number of benzene rings is 2. The van der Waals surface area contributed by atoms with Crippen LogP contribution in [0.2, 0.25) is 5.02 Å². The van der Waals surface area contributed by atoms with E-state index in [0.717, 1.165) is 5.56 Å². The molecule has 0 aromatic heterocycles. The fourth-order valence-corrected chi connectivity index (χ4v) is 2.03. The molecular formula is C16H16ClNO3. The van der Waals surface area contributed by atoms with Crippen LogP contribution in [0.4, 0.5) is 5.69 Å². The van der Waals surface area contributed by atoms with E-state index in [2.05, 4.69) is 0 Å². The predicted molar refractivity (Wildman–Crippen MR) is 82.6 cm³/mol. The minimum Gasteiger partial charge on any atom is -0.492 e. The molecule has 21 heavy (non-hydrogen) atoms. The quantitative estimate of drug-likeness (QED) is 0.676. The molecule has 0 saturated heterocycles. The Hall–Kier alpha value is -2.20. The summed E-state index contributed by atoms with van der Waals surface area (Å²) in [6.45, 7) is 2.54. The van der Waals surface area contributed by atoms with Gasteiger partial charge in [0, 0.05) is 5.02 Å². The second-order valence-corrected chi connectivity index (χ2v) is 4.83. The van der Waals surface area contributed by atoms with Gasteiger partial charge in [-0.15, -0.1) is 0 Å². The van der Waals surface area contributed by atoms with E-state index in [1.807, 2.05) is 13.0 Å². The van der Waals surface area contributed by atoms with Crippen LogP contribution < -0.4 is 10.5 Å². The number of esters is 1. The summed E-state index contributed by atoms with van der Waals surface area (Å²) in [6, 6.07) is 12.0. The van der Waals surface area contributed by atoms with E-state index in [1.54, 1.807) is 36.4 Å². The Morgan fingerprint density at radius 1 is 1.24 bits per heavy atom. The van der Waals surface area contributed by atoms with Crippen LogP contribution in [0, 0.1) is 0 Å². The summed E-state index contributed by atoms with van der Waals surface area (Å²) >= 11 is 5.87. The number of ether oxygens (including phenoxy) is 2. The number of nitrogen functional groups attached to an aromatic ring is 1. The lowest BCUT2D eigenvalue weighted by molar-refractivity contribution is 0.0473. The van der Waals surface area contributed by atoms with Gasteiger partial charge in [0.15, 0.2) is 0 Å². The molecule has 2 rings (SSSR count). The Labute approximate surface area is 128 Å².